The lowest BCUT2D eigenvalue weighted by molar-refractivity contribution is 0.410. The van der Waals surface area contributed by atoms with Gasteiger partial charge in [-0.1, -0.05) is 25.5 Å². The van der Waals surface area contributed by atoms with E-state index in [2.05, 4.69) is 19.2 Å². The van der Waals surface area contributed by atoms with E-state index in [1.807, 2.05) is 25.1 Å². The molecular formula is C17H22FNO. The Morgan fingerprint density at radius 2 is 2.00 bits per heavy atom. The minimum Gasteiger partial charge on any atom is -0.459 e. The minimum absolute atomic E-state index is 0.191. The highest BCUT2D eigenvalue weighted by Gasteiger charge is 2.15. The van der Waals surface area contributed by atoms with E-state index in [1.165, 1.54) is 6.07 Å². The topological polar surface area (TPSA) is 25.2 Å². The summed E-state index contributed by atoms with van der Waals surface area (Å²) in [7, 11) is 0. The first kappa shape index (κ1) is 14.8. The molecule has 0 aliphatic rings. The molecule has 0 spiro atoms. The van der Waals surface area contributed by atoms with Gasteiger partial charge in [0.2, 0.25) is 0 Å². The first-order valence-corrected chi connectivity index (χ1v) is 7.25. The Morgan fingerprint density at radius 1 is 1.20 bits per heavy atom. The third kappa shape index (κ3) is 3.28. The summed E-state index contributed by atoms with van der Waals surface area (Å²) in [6, 6.07) is 9.05. The van der Waals surface area contributed by atoms with Crippen LogP contribution in [0.1, 0.15) is 44.1 Å². The summed E-state index contributed by atoms with van der Waals surface area (Å²) < 4.78 is 19.7. The molecule has 0 fully saturated rings. The van der Waals surface area contributed by atoms with Crippen LogP contribution in [0.4, 0.5) is 4.39 Å². The van der Waals surface area contributed by atoms with Crippen molar-refractivity contribution in [2.75, 3.05) is 6.54 Å². The lowest BCUT2D eigenvalue weighted by atomic mass is 10.1. The summed E-state index contributed by atoms with van der Waals surface area (Å²) in [6.45, 7) is 7.15. The van der Waals surface area contributed by atoms with Crippen LogP contribution in [-0.4, -0.2) is 6.54 Å². The molecule has 3 heteroatoms. The van der Waals surface area contributed by atoms with Gasteiger partial charge in [0.1, 0.15) is 17.3 Å². The van der Waals surface area contributed by atoms with Crippen molar-refractivity contribution in [2.24, 2.45) is 0 Å². The Kier molecular flexibility index (Phi) is 4.96. The number of aryl methyl sites for hydroxylation is 1. The Labute approximate surface area is 120 Å². The molecule has 0 aliphatic heterocycles. The van der Waals surface area contributed by atoms with Crippen LogP contribution in [0.3, 0.4) is 0 Å². The van der Waals surface area contributed by atoms with E-state index < -0.39 is 0 Å². The maximum absolute atomic E-state index is 13.9. The number of furan rings is 1. The molecular weight excluding hydrogens is 253 g/mol. The maximum atomic E-state index is 13.9. The smallest absolute Gasteiger partial charge is 0.137 e. The number of rotatable bonds is 6. The normalized spacial score (nSPS) is 12.6. The van der Waals surface area contributed by atoms with Crippen LogP contribution in [0.5, 0.6) is 0 Å². The SMILES string of the molecule is CCCNC(CC)c1ccc(-c2cc(C)ccc2F)o1. The van der Waals surface area contributed by atoms with Crippen LogP contribution < -0.4 is 5.32 Å². The molecule has 1 aromatic carbocycles. The average Bonchev–Trinajstić information content (AvgIpc) is 2.92. The van der Waals surface area contributed by atoms with Crippen LogP contribution >= 0.6 is 0 Å². The molecule has 2 rings (SSSR count). The van der Waals surface area contributed by atoms with Gasteiger partial charge in [0.15, 0.2) is 0 Å². The molecule has 0 saturated heterocycles. The number of nitrogens with one attached hydrogen (secondary N) is 1. The average molecular weight is 275 g/mol. The third-order valence-corrected chi connectivity index (χ3v) is 3.41. The lowest BCUT2D eigenvalue weighted by Gasteiger charge is -2.13. The predicted molar refractivity (Wildman–Crippen MR) is 80.2 cm³/mol. The van der Waals surface area contributed by atoms with Crippen molar-refractivity contribution in [1.29, 1.82) is 0 Å². The van der Waals surface area contributed by atoms with Gasteiger partial charge in [-0.3, -0.25) is 0 Å². The number of hydrogen-bond donors (Lipinski definition) is 1. The summed E-state index contributed by atoms with van der Waals surface area (Å²) in [5, 5.41) is 3.44. The molecule has 1 aromatic heterocycles. The maximum Gasteiger partial charge on any atom is 0.137 e. The van der Waals surface area contributed by atoms with Crippen LogP contribution in [0, 0.1) is 12.7 Å². The standard InChI is InChI=1S/C17H22FNO/c1-4-10-19-15(5-2)17-9-8-16(20-17)13-11-12(3)6-7-14(13)18/h6-9,11,15,19H,4-5,10H2,1-3H3. The predicted octanol–water partition coefficient (Wildman–Crippen LogP) is 4.84. The third-order valence-electron chi connectivity index (χ3n) is 3.41. The van der Waals surface area contributed by atoms with Gasteiger partial charge in [0.25, 0.3) is 0 Å². The summed E-state index contributed by atoms with van der Waals surface area (Å²) in [5.74, 6) is 1.22. The molecule has 20 heavy (non-hydrogen) atoms. The molecule has 0 bridgehead atoms. The highest BCUT2D eigenvalue weighted by atomic mass is 19.1. The quantitative estimate of drug-likeness (QED) is 0.815. The molecule has 2 nitrogen and oxygen atoms in total. The highest BCUT2D eigenvalue weighted by molar-refractivity contribution is 5.59. The first-order valence-electron chi connectivity index (χ1n) is 7.25. The summed E-state index contributed by atoms with van der Waals surface area (Å²) >= 11 is 0. The van der Waals surface area contributed by atoms with E-state index in [1.54, 1.807) is 6.07 Å². The van der Waals surface area contributed by atoms with Crippen LogP contribution in [-0.2, 0) is 0 Å². The van der Waals surface area contributed by atoms with Crippen molar-refractivity contribution in [2.45, 2.75) is 39.7 Å². The van der Waals surface area contributed by atoms with E-state index in [-0.39, 0.29) is 11.9 Å². The minimum atomic E-state index is -0.244. The molecule has 1 heterocycles. The van der Waals surface area contributed by atoms with Crippen molar-refractivity contribution < 1.29 is 8.81 Å². The van der Waals surface area contributed by atoms with Crippen molar-refractivity contribution in [3.05, 3.63) is 47.5 Å². The molecule has 0 amide bonds. The second-order valence-corrected chi connectivity index (χ2v) is 5.10. The van der Waals surface area contributed by atoms with Gasteiger partial charge in [0, 0.05) is 0 Å². The fourth-order valence-electron chi connectivity index (χ4n) is 2.28. The van der Waals surface area contributed by atoms with Crippen LogP contribution in [0.25, 0.3) is 11.3 Å². The fraction of sp³-hybridized carbons (Fsp3) is 0.412. The molecule has 1 unspecified atom stereocenters. The van der Waals surface area contributed by atoms with Gasteiger partial charge in [-0.25, -0.2) is 4.39 Å². The second-order valence-electron chi connectivity index (χ2n) is 5.10. The molecule has 0 saturated carbocycles. The zero-order valence-electron chi connectivity index (χ0n) is 12.4. The molecule has 0 aliphatic carbocycles. The molecule has 2 aromatic rings. The van der Waals surface area contributed by atoms with Crippen molar-refractivity contribution in [3.8, 4) is 11.3 Å². The van der Waals surface area contributed by atoms with Crippen LogP contribution in [0.15, 0.2) is 34.7 Å². The van der Waals surface area contributed by atoms with Gasteiger partial charge in [-0.2, -0.15) is 0 Å². The fourth-order valence-corrected chi connectivity index (χ4v) is 2.28. The Hall–Kier alpha value is -1.61. The first-order chi connectivity index (χ1) is 9.65. The zero-order valence-corrected chi connectivity index (χ0v) is 12.4. The van der Waals surface area contributed by atoms with Gasteiger partial charge in [-0.15, -0.1) is 0 Å². The molecule has 1 atom stereocenters. The monoisotopic (exact) mass is 275 g/mol. The molecule has 1 N–H and O–H groups in total. The van der Waals surface area contributed by atoms with E-state index >= 15 is 0 Å². The van der Waals surface area contributed by atoms with E-state index in [4.69, 9.17) is 4.42 Å². The molecule has 108 valence electrons. The zero-order chi connectivity index (χ0) is 14.5. The highest BCUT2D eigenvalue weighted by Crippen LogP contribution is 2.29. The Morgan fingerprint density at radius 3 is 2.70 bits per heavy atom. The summed E-state index contributed by atoms with van der Waals surface area (Å²) in [5.41, 5.74) is 1.55. The molecule has 0 radical (unpaired) electrons. The van der Waals surface area contributed by atoms with Crippen LogP contribution in [0.2, 0.25) is 0 Å². The van der Waals surface area contributed by atoms with Gasteiger partial charge in [-0.05, 0) is 50.6 Å². The van der Waals surface area contributed by atoms with Crippen molar-refractivity contribution in [1.82, 2.24) is 5.32 Å². The van der Waals surface area contributed by atoms with E-state index in [0.717, 1.165) is 30.7 Å². The second kappa shape index (κ2) is 6.71. The largest absolute Gasteiger partial charge is 0.459 e. The van der Waals surface area contributed by atoms with E-state index in [9.17, 15) is 4.39 Å². The Balaban J connectivity index is 2.25. The van der Waals surface area contributed by atoms with Gasteiger partial charge < -0.3 is 9.73 Å². The van der Waals surface area contributed by atoms with Crippen molar-refractivity contribution in [3.63, 3.8) is 0 Å². The Bertz CT molecular complexity index is 562. The van der Waals surface area contributed by atoms with Gasteiger partial charge >= 0.3 is 0 Å². The number of halogens is 1. The summed E-state index contributed by atoms with van der Waals surface area (Å²) in [6.07, 6.45) is 2.03. The summed E-state index contributed by atoms with van der Waals surface area (Å²) in [4.78, 5) is 0. The number of benzene rings is 1. The van der Waals surface area contributed by atoms with Gasteiger partial charge in [0.05, 0.1) is 11.6 Å². The lowest BCUT2D eigenvalue weighted by Crippen LogP contribution is -2.20. The van der Waals surface area contributed by atoms with Crippen molar-refractivity contribution >= 4 is 0 Å². The number of hydrogen-bond acceptors (Lipinski definition) is 2. The van der Waals surface area contributed by atoms with E-state index in [0.29, 0.717) is 11.3 Å².